The minimum absolute atomic E-state index is 0.755. The minimum atomic E-state index is 0.755. The van der Waals surface area contributed by atoms with Gasteiger partial charge < -0.3 is 10.6 Å². The van der Waals surface area contributed by atoms with Crippen LogP contribution in [0.25, 0.3) is 0 Å². The second-order valence-corrected chi connectivity index (χ2v) is 5.86. The first kappa shape index (κ1) is 12.4. The van der Waals surface area contributed by atoms with E-state index in [4.69, 9.17) is 5.73 Å². The third-order valence-electron chi connectivity index (χ3n) is 2.56. The fourth-order valence-corrected chi connectivity index (χ4v) is 3.11. The molecule has 0 amide bonds. The molecule has 0 aromatic carbocycles. The normalized spacial score (nSPS) is 10.5. The van der Waals surface area contributed by atoms with Crippen LogP contribution < -0.4 is 10.6 Å². The summed E-state index contributed by atoms with van der Waals surface area (Å²) in [4.78, 5) is 7.69. The van der Waals surface area contributed by atoms with Crippen LogP contribution in [0.5, 0.6) is 0 Å². The quantitative estimate of drug-likeness (QED) is 0.944. The standard InChI is InChI=1S/C12H14BrN3S/c1-8-3-4-15-12(11(8)14)16(2)6-10-5-9(13)7-17-10/h3-5,7H,6,14H2,1-2H3. The average Bonchev–Trinajstić information content (AvgIpc) is 2.68. The summed E-state index contributed by atoms with van der Waals surface area (Å²) >= 11 is 5.18. The third-order valence-corrected chi connectivity index (χ3v) is 4.25. The van der Waals surface area contributed by atoms with E-state index in [1.54, 1.807) is 17.5 Å². The van der Waals surface area contributed by atoms with Crippen LogP contribution in [-0.4, -0.2) is 12.0 Å². The first-order valence-corrected chi connectivity index (χ1v) is 6.90. The topological polar surface area (TPSA) is 42.2 Å². The van der Waals surface area contributed by atoms with E-state index in [1.807, 2.05) is 20.0 Å². The molecular formula is C12H14BrN3S. The lowest BCUT2D eigenvalue weighted by Crippen LogP contribution is -2.18. The number of nitrogens with zero attached hydrogens (tertiary/aromatic N) is 2. The molecule has 0 atom stereocenters. The smallest absolute Gasteiger partial charge is 0.152 e. The molecule has 0 unspecified atom stereocenters. The van der Waals surface area contributed by atoms with E-state index >= 15 is 0 Å². The van der Waals surface area contributed by atoms with Crippen LogP contribution in [0.1, 0.15) is 10.4 Å². The Kier molecular flexibility index (Phi) is 3.69. The highest BCUT2D eigenvalue weighted by atomic mass is 79.9. The van der Waals surface area contributed by atoms with Gasteiger partial charge in [0.15, 0.2) is 5.82 Å². The maximum Gasteiger partial charge on any atom is 0.152 e. The van der Waals surface area contributed by atoms with E-state index < -0.39 is 0 Å². The highest BCUT2D eigenvalue weighted by Crippen LogP contribution is 2.26. The van der Waals surface area contributed by atoms with Crippen molar-refractivity contribution in [2.75, 3.05) is 17.7 Å². The van der Waals surface area contributed by atoms with Gasteiger partial charge in [0.05, 0.1) is 12.2 Å². The molecule has 17 heavy (non-hydrogen) atoms. The summed E-state index contributed by atoms with van der Waals surface area (Å²) in [6.45, 7) is 2.81. The Balaban J connectivity index is 2.20. The van der Waals surface area contributed by atoms with E-state index in [0.29, 0.717) is 0 Å². The monoisotopic (exact) mass is 311 g/mol. The largest absolute Gasteiger partial charge is 0.396 e. The van der Waals surface area contributed by atoms with Gasteiger partial charge in [0.2, 0.25) is 0 Å². The van der Waals surface area contributed by atoms with Crippen LogP contribution in [0.4, 0.5) is 11.5 Å². The number of nitrogen functional groups attached to an aromatic ring is 1. The number of hydrogen-bond donors (Lipinski definition) is 1. The highest BCUT2D eigenvalue weighted by molar-refractivity contribution is 9.10. The second-order valence-electron chi connectivity index (χ2n) is 3.95. The Morgan fingerprint density at radius 2 is 2.29 bits per heavy atom. The summed E-state index contributed by atoms with van der Waals surface area (Å²) in [7, 11) is 2.01. The van der Waals surface area contributed by atoms with Crippen LogP contribution in [0, 0.1) is 6.92 Å². The molecular weight excluding hydrogens is 298 g/mol. The zero-order chi connectivity index (χ0) is 12.4. The molecule has 2 heterocycles. The number of anilines is 2. The van der Waals surface area contributed by atoms with Gasteiger partial charge in [0.25, 0.3) is 0 Å². The van der Waals surface area contributed by atoms with Crippen LogP contribution in [-0.2, 0) is 6.54 Å². The molecule has 90 valence electrons. The lowest BCUT2D eigenvalue weighted by Gasteiger charge is -2.19. The Bertz CT molecular complexity index is 524. The van der Waals surface area contributed by atoms with Gasteiger partial charge in [-0.2, -0.15) is 0 Å². The van der Waals surface area contributed by atoms with E-state index in [0.717, 1.165) is 28.1 Å². The molecule has 2 N–H and O–H groups in total. The van der Waals surface area contributed by atoms with E-state index in [2.05, 4.69) is 37.3 Å². The van der Waals surface area contributed by atoms with Gasteiger partial charge in [0, 0.05) is 28.0 Å². The number of aryl methyl sites for hydroxylation is 1. The van der Waals surface area contributed by atoms with Crippen molar-refractivity contribution < 1.29 is 0 Å². The fourth-order valence-electron chi connectivity index (χ4n) is 1.60. The number of thiophene rings is 1. The molecule has 0 saturated heterocycles. The Morgan fingerprint density at radius 1 is 1.53 bits per heavy atom. The van der Waals surface area contributed by atoms with Gasteiger partial charge in [0.1, 0.15) is 0 Å². The van der Waals surface area contributed by atoms with E-state index in [-0.39, 0.29) is 0 Å². The molecule has 2 rings (SSSR count). The van der Waals surface area contributed by atoms with Crippen molar-refractivity contribution >= 4 is 38.8 Å². The SMILES string of the molecule is Cc1ccnc(N(C)Cc2cc(Br)cs2)c1N. The molecule has 0 aliphatic carbocycles. The van der Waals surface area contributed by atoms with Crippen molar-refractivity contribution in [3.05, 3.63) is 38.6 Å². The van der Waals surface area contributed by atoms with Crippen molar-refractivity contribution in [3.63, 3.8) is 0 Å². The minimum Gasteiger partial charge on any atom is -0.396 e. The lowest BCUT2D eigenvalue weighted by atomic mass is 10.2. The second kappa shape index (κ2) is 5.06. The summed E-state index contributed by atoms with van der Waals surface area (Å²) in [5.74, 6) is 0.842. The van der Waals surface area contributed by atoms with Gasteiger partial charge in [-0.3, -0.25) is 0 Å². The lowest BCUT2D eigenvalue weighted by molar-refractivity contribution is 0.913. The predicted molar refractivity (Wildman–Crippen MR) is 77.5 cm³/mol. The van der Waals surface area contributed by atoms with Crippen LogP contribution in [0.2, 0.25) is 0 Å². The Labute approximate surface area is 113 Å². The molecule has 0 aliphatic heterocycles. The number of pyridine rings is 1. The first-order valence-electron chi connectivity index (χ1n) is 5.23. The zero-order valence-electron chi connectivity index (χ0n) is 9.77. The van der Waals surface area contributed by atoms with Crippen LogP contribution in [0.15, 0.2) is 28.2 Å². The molecule has 0 fully saturated rings. The molecule has 0 aliphatic rings. The molecule has 0 spiro atoms. The summed E-state index contributed by atoms with van der Waals surface area (Å²) in [6, 6.07) is 4.04. The molecule has 0 saturated carbocycles. The third kappa shape index (κ3) is 2.79. The predicted octanol–water partition coefficient (Wildman–Crippen LogP) is 3.43. The molecule has 2 aromatic rings. The summed E-state index contributed by atoms with van der Waals surface area (Å²) < 4.78 is 1.12. The first-order chi connectivity index (χ1) is 8.08. The van der Waals surface area contributed by atoms with Crippen molar-refractivity contribution in [2.24, 2.45) is 0 Å². The van der Waals surface area contributed by atoms with E-state index in [9.17, 15) is 0 Å². The molecule has 2 aromatic heterocycles. The Morgan fingerprint density at radius 3 is 2.94 bits per heavy atom. The van der Waals surface area contributed by atoms with Gasteiger partial charge in [-0.05, 0) is 40.5 Å². The molecule has 3 nitrogen and oxygen atoms in total. The van der Waals surface area contributed by atoms with Crippen molar-refractivity contribution in [2.45, 2.75) is 13.5 Å². The van der Waals surface area contributed by atoms with E-state index in [1.165, 1.54) is 4.88 Å². The number of rotatable bonds is 3. The van der Waals surface area contributed by atoms with Gasteiger partial charge >= 0.3 is 0 Å². The van der Waals surface area contributed by atoms with Crippen LogP contribution in [0.3, 0.4) is 0 Å². The van der Waals surface area contributed by atoms with Crippen molar-refractivity contribution in [1.29, 1.82) is 0 Å². The summed E-state index contributed by atoms with van der Waals surface area (Å²) in [5, 5.41) is 2.08. The molecule has 5 heteroatoms. The molecule has 0 bridgehead atoms. The summed E-state index contributed by atoms with van der Waals surface area (Å²) in [6.07, 6.45) is 1.79. The highest BCUT2D eigenvalue weighted by Gasteiger charge is 2.10. The number of halogens is 1. The van der Waals surface area contributed by atoms with Gasteiger partial charge in [-0.15, -0.1) is 11.3 Å². The number of hydrogen-bond acceptors (Lipinski definition) is 4. The number of aromatic nitrogens is 1. The van der Waals surface area contributed by atoms with Crippen molar-refractivity contribution in [3.8, 4) is 0 Å². The number of nitrogens with two attached hydrogens (primary N) is 1. The average molecular weight is 312 g/mol. The van der Waals surface area contributed by atoms with Gasteiger partial charge in [-0.25, -0.2) is 4.98 Å². The van der Waals surface area contributed by atoms with Crippen LogP contribution >= 0.6 is 27.3 Å². The fraction of sp³-hybridized carbons (Fsp3) is 0.250. The zero-order valence-corrected chi connectivity index (χ0v) is 12.2. The van der Waals surface area contributed by atoms with Gasteiger partial charge in [-0.1, -0.05) is 0 Å². The Hall–Kier alpha value is -1.07. The maximum atomic E-state index is 6.03. The molecule has 0 radical (unpaired) electrons. The summed E-state index contributed by atoms with van der Waals surface area (Å²) in [5.41, 5.74) is 7.85. The maximum absolute atomic E-state index is 6.03. The van der Waals surface area contributed by atoms with Crippen molar-refractivity contribution in [1.82, 2.24) is 4.98 Å².